The summed E-state index contributed by atoms with van der Waals surface area (Å²) >= 11 is 0. The lowest BCUT2D eigenvalue weighted by molar-refractivity contribution is -0.136. The van der Waals surface area contributed by atoms with Crippen LogP contribution in [0.5, 0.6) is 0 Å². The number of nitrogens with zero attached hydrogens (tertiary/aromatic N) is 2. The Morgan fingerprint density at radius 1 is 1.50 bits per heavy atom. The topological polar surface area (TPSA) is 49.6 Å². The molecular weight excluding hydrogens is 226 g/mol. The van der Waals surface area contributed by atoms with Gasteiger partial charge in [-0.25, -0.2) is 0 Å². The second-order valence-corrected chi connectivity index (χ2v) is 5.54. The highest BCUT2D eigenvalue weighted by molar-refractivity contribution is 5.82. The Kier molecular flexibility index (Phi) is 4.26. The van der Waals surface area contributed by atoms with Crippen molar-refractivity contribution >= 4 is 5.91 Å². The van der Waals surface area contributed by atoms with E-state index < -0.39 is 6.04 Å². The minimum atomic E-state index is -0.520. The Morgan fingerprint density at radius 2 is 2.28 bits per heavy atom. The van der Waals surface area contributed by atoms with Gasteiger partial charge >= 0.3 is 0 Å². The maximum absolute atomic E-state index is 12.1. The van der Waals surface area contributed by atoms with E-state index in [1.807, 2.05) is 4.90 Å². The molecule has 2 N–H and O–H groups in total. The van der Waals surface area contributed by atoms with Gasteiger partial charge in [0, 0.05) is 25.6 Å². The number of carbonyl (C=O) groups excluding carboxylic acids is 1. The molecule has 1 amide bonds. The van der Waals surface area contributed by atoms with E-state index in [0.29, 0.717) is 18.4 Å². The maximum Gasteiger partial charge on any atom is 0.240 e. The van der Waals surface area contributed by atoms with Gasteiger partial charge in [0.15, 0.2) is 0 Å². The smallest absolute Gasteiger partial charge is 0.240 e. The highest BCUT2D eigenvalue weighted by Gasteiger charge is 2.36. The molecule has 2 aliphatic heterocycles. The summed E-state index contributed by atoms with van der Waals surface area (Å²) in [4.78, 5) is 16.5. The molecule has 2 saturated heterocycles. The third-order valence-electron chi connectivity index (χ3n) is 4.31. The van der Waals surface area contributed by atoms with Gasteiger partial charge < -0.3 is 15.5 Å². The third-order valence-corrected chi connectivity index (χ3v) is 4.31. The molecule has 2 aliphatic rings. The zero-order valence-corrected chi connectivity index (χ0v) is 11.1. The molecule has 0 aromatic rings. The van der Waals surface area contributed by atoms with Gasteiger partial charge in [0.25, 0.3) is 0 Å². The van der Waals surface area contributed by atoms with Crippen LogP contribution in [0.3, 0.4) is 0 Å². The second kappa shape index (κ2) is 5.73. The standard InChI is InChI=1S/C14H23N3O/c1-3-5-12(15)14(18)17-9-7-13-11(10-17)6-4-8-16(13)2/h1,11-13H,4-10,15H2,2H3. The summed E-state index contributed by atoms with van der Waals surface area (Å²) in [5, 5.41) is 0. The summed E-state index contributed by atoms with van der Waals surface area (Å²) in [6.07, 6.45) is 9.07. The van der Waals surface area contributed by atoms with Crippen LogP contribution < -0.4 is 5.73 Å². The van der Waals surface area contributed by atoms with Gasteiger partial charge in [0.1, 0.15) is 0 Å². The van der Waals surface area contributed by atoms with Crippen LogP contribution in [0.4, 0.5) is 0 Å². The summed E-state index contributed by atoms with van der Waals surface area (Å²) < 4.78 is 0. The van der Waals surface area contributed by atoms with E-state index in [1.165, 1.54) is 19.4 Å². The van der Waals surface area contributed by atoms with E-state index in [9.17, 15) is 4.79 Å². The van der Waals surface area contributed by atoms with Crippen molar-refractivity contribution in [3.8, 4) is 12.3 Å². The number of nitrogens with two attached hydrogens (primary N) is 1. The molecule has 4 heteroatoms. The molecule has 18 heavy (non-hydrogen) atoms. The molecule has 0 bridgehead atoms. The van der Waals surface area contributed by atoms with E-state index in [2.05, 4.69) is 17.9 Å². The van der Waals surface area contributed by atoms with Crippen LogP contribution >= 0.6 is 0 Å². The molecule has 2 fully saturated rings. The summed E-state index contributed by atoms with van der Waals surface area (Å²) in [5.74, 6) is 3.11. The predicted octanol–water partition coefficient (Wildman–Crippen LogP) is 0.280. The SMILES string of the molecule is C#CCC(N)C(=O)N1CCC2C(CCCN2C)C1. The first-order valence-corrected chi connectivity index (χ1v) is 6.81. The van der Waals surface area contributed by atoms with Crippen molar-refractivity contribution < 1.29 is 4.79 Å². The zero-order valence-electron chi connectivity index (χ0n) is 11.1. The molecule has 100 valence electrons. The number of hydrogen-bond donors (Lipinski definition) is 1. The lowest BCUT2D eigenvalue weighted by Crippen LogP contribution is -2.56. The quantitative estimate of drug-likeness (QED) is 0.715. The van der Waals surface area contributed by atoms with Gasteiger partial charge in [-0.2, -0.15) is 0 Å². The molecule has 3 unspecified atom stereocenters. The predicted molar refractivity (Wildman–Crippen MR) is 71.8 cm³/mol. The molecule has 0 aromatic carbocycles. The number of terminal acetylenes is 1. The first-order valence-electron chi connectivity index (χ1n) is 6.81. The molecule has 0 spiro atoms. The molecule has 0 aromatic heterocycles. The average molecular weight is 249 g/mol. The molecule has 2 heterocycles. The maximum atomic E-state index is 12.1. The van der Waals surface area contributed by atoms with Crippen LogP contribution in [0.15, 0.2) is 0 Å². The monoisotopic (exact) mass is 249 g/mol. The van der Waals surface area contributed by atoms with Gasteiger partial charge in [-0.15, -0.1) is 12.3 Å². The lowest BCUT2D eigenvalue weighted by Gasteiger charge is -2.46. The fraction of sp³-hybridized carbons (Fsp3) is 0.786. The minimum Gasteiger partial charge on any atom is -0.341 e. The van der Waals surface area contributed by atoms with Crippen LogP contribution in [0.2, 0.25) is 0 Å². The second-order valence-electron chi connectivity index (χ2n) is 5.54. The van der Waals surface area contributed by atoms with Crippen LogP contribution in [-0.2, 0) is 4.79 Å². The molecule has 0 saturated carbocycles. The van der Waals surface area contributed by atoms with Crippen molar-refractivity contribution in [2.24, 2.45) is 11.7 Å². The fourth-order valence-electron chi connectivity index (χ4n) is 3.30. The first kappa shape index (κ1) is 13.4. The van der Waals surface area contributed by atoms with Crippen LogP contribution in [0, 0.1) is 18.3 Å². The van der Waals surface area contributed by atoms with Crippen molar-refractivity contribution in [2.45, 2.75) is 37.8 Å². The van der Waals surface area contributed by atoms with Crippen LogP contribution in [0.25, 0.3) is 0 Å². The number of fused-ring (bicyclic) bond motifs is 1. The highest BCUT2D eigenvalue weighted by Crippen LogP contribution is 2.29. The van der Waals surface area contributed by atoms with E-state index >= 15 is 0 Å². The Hall–Kier alpha value is -1.05. The Labute approximate surface area is 109 Å². The molecular formula is C14H23N3O. The summed E-state index contributed by atoms with van der Waals surface area (Å²) in [5.41, 5.74) is 5.81. The minimum absolute atomic E-state index is 0.0274. The Bertz CT molecular complexity index is 349. The largest absolute Gasteiger partial charge is 0.341 e. The number of hydrogen-bond acceptors (Lipinski definition) is 3. The van der Waals surface area contributed by atoms with Gasteiger partial charge in [-0.1, -0.05) is 0 Å². The summed E-state index contributed by atoms with van der Waals surface area (Å²) in [6.45, 7) is 2.86. The highest BCUT2D eigenvalue weighted by atomic mass is 16.2. The van der Waals surface area contributed by atoms with Crippen molar-refractivity contribution in [1.29, 1.82) is 0 Å². The Morgan fingerprint density at radius 3 is 3.00 bits per heavy atom. The van der Waals surface area contributed by atoms with Gasteiger partial charge in [0.2, 0.25) is 5.91 Å². The van der Waals surface area contributed by atoms with E-state index in [1.54, 1.807) is 0 Å². The number of piperidine rings is 2. The van der Waals surface area contributed by atoms with Crippen molar-refractivity contribution in [3.05, 3.63) is 0 Å². The van der Waals surface area contributed by atoms with Crippen LogP contribution in [0.1, 0.15) is 25.7 Å². The van der Waals surface area contributed by atoms with E-state index in [0.717, 1.165) is 19.5 Å². The van der Waals surface area contributed by atoms with Crippen molar-refractivity contribution in [3.63, 3.8) is 0 Å². The van der Waals surface area contributed by atoms with E-state index in [-0.39, 0.29) is 5.91 Å². The lowest BCUT2D eigenvalue weighted by atomic mass is 9.84. The summed E-state index contributed by atoms with van der Waals surface area (Å²) in [6, 6.07) is 0.125. The molecule has 2 rings (SSSR count). The van der Waals surface area contributed by atoms with Gasteiger partial charge in [-0.05, 0) is 38.8 Å². The first-order chi connectivity index (χ1) is 8.63. The fourth-order valence-corrected chi connectivity index (χ4v) is 3.30. The third kappa shape index (κ3) is 2.68. The average Bonchev–Trinajstić information content (AvgIpc) is 2.38. The van der Waals surface area contributed by atoms with Crippen molar-refractivity contribution in [1.82, 2.24) is 9.80 Å². The van der Waals surface area contributed by atoms with Crippen molar-refractivity contribution in [2.75, 3.05) is 26.7 Å². The molecule has 0 aliphatic carbocycles. The number of amides is 1. The number of carbonyl (C=O) groups is 1. The molecule has 3 atom stereocenters. The normalized spacial score (nSPS) is 30.4. The summed E-state index contributed by atoms with van der Waals surface area (Å²) in [7, 11) is 2.19. The van der Waals surface area contributed by atoms with Gasteiger partial charge in [-0.3, -0.25) is 4.79 Å². The zero-order chi connectivity index (χ0) is 13.1. The Balaban J connectivity index is 1.94. The number of likely N-dealkylation sites (tertiary alicyclic amines) is 2. The molecule has 0 radical (unpaired) electrons. The van der Waals surface area contributed by atoms with Crippen LogP contribution in [-0.4, -0.2) is 54.5 Å². The van der Waals surface area contributed by atoms with Gasteiger partial charge in [0.05, 0.1) is 6.04 Å². The van der Waals surface area contributed by atoms with E-state index in [4.69, 9.17) is 12.2 Å². The number of rotatable bonds is 2. The molecule has 4 nitrogen and oxygen atoms in total.